The molecule has 7 nitrogen and oxygen atoms in total. The molecule has 1 fully saturated rings. The van der Waals surface area contributed by atoms with Crippen molar-refractivity contribution in [2.45, 2.75) is 25.4 Å². The van der Waals surface area contributed by atoms with Gasteiger partial charge in [0, 0.05) is 11.3 Å². The van der Waals surface area contributed by atoms with E-state index in [0.717, 1.165) is 31.6 Å². The van der Waals surface area contributed by atoms with E-state index >= 15 is 0 Å². The van der Waals surface area contributed by atoms with Crippen molar-refractivity contribution in [3.8, 4) is 11.8 Å². The minimum absolute atomic E-state index is 0.0104. The van der Waals surface area contributed by atoms with Gasteiger partial charge in [0.15, 0.2) is 5.82 Å². The monoisotopic (exact) mass is 528 g/mol. The number of hydrogen-bond acceptors (Lipinski definition) is 7. The Morgan fingerprint density at radius 3 is 2.58 bits per heavy atom. The number of rotatable bonds is 8. The third-order valence-electron chi connectivity index (χ3n) is 6.45. The van der Waals surface area contributed by atoms with Gasteiger partial charge >= 0.3 is 0 Å². The minimum atomic E-state index is -0.367. The lowest BCUT2D eigenvalue weighted by molar-refractivity contribution is 0.299. The Kier molecular flexibility index (Phi) is 7.98. The highest BCUT2D eigenvalue weighted by Gasteiger charge is 2.16. The van der Waals surface area contributed by atoms with Crippen molar-refractivity contribution in [1.82, 2.24) is 15.3 Å². The summed E-state index contributed by atoms with van der Waals surface area (Å²) in [4.78, 5) is 8.80. The van der Waals surface area contributed by atoms with Crippen LogP contribution in [0.1, 0.15) is 35.4 Å². The van der Waals surface area contributed by atoms with Gasteiger partial charge in [-0.05, 0) is 67.7 Å². The average molecular weight is 529 g/mol. The fourth-order valence-electron chi connectivity index (χ4n) is 4.41. The SMILES string of the molecule is N#Cc1c(Nc2nc(Nc3ccc(C4CCNCC4)cc3)ncc2Cl)cccc1OCc1ccccc1F. The van der Waals surface area contributed by atoms with E-state index in [1.807, 2.05) is 12.1 Å². The third-order valence-corrected chi connectivity index (χ3v) is 6.73. The van der Waals surface area contributed by atoms with Crippen LogP contribution in [0.3, 0.4) is 0 Å². The Morgan fingerprint density at radius 1 is 1.03 bits per heavy atom. The summed E-state index contributed by atoms with van der Waals surface area (Å²) in [5, 5.41) is 19.9. The van der Waals surface area contributed by atoms with Gasteiger partial charge in [-0.1, -0.05) is 48.0 Å². The lowest BCUT2D eigenvalue weighted by Gasteiger charge is -2.23. The van der Waals surface area contributed by atoms with E-state index in [2.05, 4.69) is 44.1 Å². The van der Waals surface area contributed by atoms with E-state index < -0.39 is 0 Å². The number of piperidine rings is 1. The van der Waals surface area contributed by atoms with Crippen molar-refractivity contribution < 1.29 is 9.13 Å². The van der Waals surface area contributed by atoms with Crippen LogP contribution in [0.2, 0.25) is 5.02 Å². The lowest BCUT2D eigenvalue weighted by Crippen LogP contribution is -2.26. The van der Waals surface area contributed by atoms with Crippen LogP contribution in [0.5, 0.6) is 5.75 Å². The lowest BCUT2D eigenvalue weighted by atomic mass is 9.90. The Bertz CT molecular complexity index is 1450. The molecule has 5 rings (SSSR count). The standard InChI is InChI=1S/C29H26ClFN6O/c30-24-17-34-29(35-22-10-8-19(9-11-22)20-12-14-33-15-13-20)37-28(24)36-26-6-3-7-27(23(26)16-32)38-18-21-4-1-2-5-25(21)31/h1-11,17,20,33H,12-15,18H2,(H2,34,35,36,37). The molecule has 1 aliphatic rings. The van der Waals surface area contributed by atoms with E-state index in [4.69, 9.17) is 16.3 Å². The summed E-state index contributed by atoms with van der Waals surface area (Å²) >= 11 is 6.37. The molecule has 0 atom stereocenters. The summed E-state index contributed by atoms with van der Waals surface area (Å²) in [5.74, 6) is 1.22. The zero-order valence-electron chi connectivity index (χ0n) is 20.5. The van der Waals surface area contributed by atoms with Gasteiger partial charge in [0.2, 0.25) is 5.95 Å². The highest BCUT2D eigenvalue weighted by molar-refractivity contribution is 6.32. The molecule has 1 aromatic heterocycles. The summed E-state index contributed by atoms with van der Waals surface area (Å²) in [7, 11) is 0. The maximum Gasteiger partial charge on any atom is 0.229 e. The zero-order chi connectivity index (χ0) is 26.3. The average Bonchev–Trinajstić information content (AvgIpc) is 2.95. The molecule has 0 aliphatic carbocycles. The number of nitriles is 1. The normalized spacial score (nSPS) is 13.5. The number of anilines is 4. The summed E-state index contributed by atoms with van der Waals surface area (Å²) in [6.45, 7) is 2.09. The van der Waals surface area contributed by atoms with Crippen molar-refractivity contribution in [2.24, 2.45) is 0 Å². The largest absolute Gasteiger partial charge is 0.487 e. The first kappa shape index (κ1) is 25.5. The maximum absolute atomic E-state index is 14.0. The van der Waals surface area contributed by atoms with Gasteiger partial charge in [-0.25, -0.2) is 9.37 Å². The molecule has 4 aromatic rings. The molecule has 0 spiro atoms. The van der Waals surface area contributed by atoms with Crippen LogP contribution >= 0.6 is 11.6 Å². The van der Waals surface area contributed by atoms with Crippen molar-refractivity contribution >= 4 is 34.7 Å². The molecule has 0 radical (unpaired) electrons. The number of ether oxygens (including phenoxy) is 1. The molecule has 38 heavy (non-hydrogen) atoms. The number of aromatic nitrogens is 2. The van der Waals surface area contributed by atoms with Gasteiger partial charge in [0.1, 0.15) is 34.8 Å². The molecular formula is C29H26ClFN6O. The second-order valence-electron chi connectivity index (χ2n) is 8.96. The molecular weight excluding hydrogens is 503 g/mol. The number of halogens is 2. The van der Waals surface area contributed by atoms with Gasteiger partial charge in [-0.2, -0.15) is 10.2 Å². The van der Waals surface area contributed by atoms with Gasteiger partial charge in [-0.3, -0.25) is 0 Å². The zero-order valence-corrected chi connectivity index (χ0v) is 21.3. The highest BCUT2D eigenvalue weighted by atomic mass is 35.5. The molecule has 9 heteroatoms. The van der Waals surface area contributed by atoms with Crippen LogP contribution in [-0.2, 0) is 6.61 Å². The predicted octanol–water partition coefficient (Wildman–Crippen LogP) is 6.67. The Labute approximate surface area is 225 Å². The van der Waals surface area contributed by atoms with Crippen LogP contribution in [0, 0.1) is 17.1 Å². The van der Waals surface area contributed by atoms with Gasteiger partial charge < -0.3 is 20.7 Å². The molecule has 0 bridgehead atoms. The Hall–Kier alpha value is -4.19. The number of benzene rings is 3. The van der Waals surface area contributed by atoms with E-state index in [-0.39, 0.29) is 18.0 Å². The molecule has 0 unspecified atom stereocenters. The van der Waals surface area contributed by atoms with E-state index in [1.54, 1.807) is 36.4 Å². The van der Waals surface area contributed by atoms with Crippen LogP contribution in [-0.4, -0.2) is 23.1 Å². The van der Waals surface area contributed by atoms with Crippen LogP contribution < -0.4 is 20.7 Å². The topological polar surface area (TPSA) is 94.9 Å². The molecule has 1 aliphatic heterocycles. The Morgan fingerprint density at radius 2 is 1.82 bits per heavy atom. The van der Waals surface area contributed by atoms with Crippen LogP contribution in [0.4, 0.5) is 27.5 Å². The highest BCUT2D eigenvalue weighted by Crippen LogP contribution is 2.32. The van der Waals surface area contributed by atoms with Crippen LogP contribution in [0.25, 0.3) is 0 Å². The summed E-state index contributed by atoms with van der Waals surface area (Å²) in [5.41, 5.74) is 3.29. The first-order valence-corrected chi connectivity index (χ1v) is 12.7. The fourth-order valence-corrected chi connectivity index (χ4v) is 4.55. The number of nitrogens with one attached hydrogen (secondary N) is 3. The smallest absolute Gasteiger partial charge is 0.229 e. The molecule has 1 saturated heterocycles. The minimum Gasteiger partial charge on any atom is -0.487 e. The number of nitrogens with zero attached hydrogens (tertiary/aromatic N) is 3. The number of hydrogen-bond donors (Lipinski definition) is 3. The van der Waals surface area contributed by atoms with Crippen LogP contribution in [0.15, 0.2) is 72.9 Å². The first-order valence-electron chi connectivity index (χ1n) is 12.4. The van der Waals surface area contributed by atoms with E-state index in [0.29, 0.717) is 39.7 Å². The van der Waals surface area contributed by atoms with Crippen molar-refractivity contribution in [1.29, 1.82) is 5.26 Å². The molecule has 2 heterocycles. The molecule has 0 amide bonds. The van der Waals surface area contributed by atoms with Crippen molar-refractivity contribution in [3.63, 3.8) is 0 Å². The van der Waals surface area contributed by atoms with Gasteiger partial charge in [0.05, 0.1) is 11.9 Å². The third kappa shape index (κ3) is 6.02. The fraction of sp³-hybridized carbons (Fsp3) is 0.207. The first-order chi connectivity index (χ1) is 18.6. The van der Waals surface area contributed by atoms with Crippen molar-refractivity contribution in [3.05, 3.63) is 100 Å². The molecule has 0 saturated carbocycles. The summed E-state index contributed by atoms with van der Waals surface area (Å²) in [6, 6.07) is 21.9. The second kappa shape index (κ2) is 11.9. The van der Waals surface area contributed by atoms with Gasteiger partial charge in [-0.15, -0.1) is 0 Å². The summed E-state index contributed by atoms with van der Waals surface area (Å²) in [6.07, 6.45) is 3.78. The second-order valence-corrected chi connectivity index (χ2v) is 9.36. The molecule has 192 valence electrons. The van der Waals surface area contributed by atoms with E-state index in [1.165, 1.54) is 17.8 Å². The quantitative estimate of drug-likeness (QED) is 0.235. The molecule has 3 N–H and O–H groups in total. The van der Waals surface area contributed by atoms with Crippen molar-refractivity contribution in [2.75, 3.05) is 23.7 Å². The Balaban J connectivity index is 1.31. The maximum atomic E-state index is 14.0. The van der Waals surface area contributed by atoms with E-state index in [9.17, 15) is 9.65 Å². The molecule has 3 aromatic carbocycles. The van der Waals surface area contributed by atoms with Gasteiger partial charge in [0.25, 0.3) is 0 Å². The predicted molar refractivity (Wildman–Crippen MR) is 147 cm³/mol. The summed E-state index contributed by atoms with van der Waals surface area (Å²) < 4.78 is 19.8.